The Labute approximate surface area is 103 Å². The van der Waals surface area contributed by atoms with Crippen molar-refractivity contribution in [2.45, 2.75) is 30.8 Å². The molecule has 0 bridgehead atoms. The molecule has 0 aromatic carbocycles. The van der Waals surface area contributed by atoms with Crippen molar-refractivity contribution in [3.63, 3.8) is 0 Å². The third-order valence-corrected chi connectivity index (χ3v) is 5.70. The summed E-state index contributed by atoms with van der Waals surface area (Å²) in [6.07, 6.45) is 7.08. The maximum absolute atomic E-state index is 4.24. The lowest BCUT2D eigenvalue weighted by Gasteiger charge is -2.25. The van der Waals surface area contributed by atoms with Crippen molar-refractivity contribution < 1.29 is 0 Å². The summed E-state index contributed by atoms with van der Waals surface area (Å²) in [6.45, 7) is 0. The normalized spacial score (nSPS) is 19.6. The number of halogens is 1. The Kier molecular flexibility index (Phi) is 3.72. The molecule has 3 nitrogen and oxygen atoms in total. The summed E-state index contributed by atoms with van der Waals surface area (Å²) in [5, 5.41) is 6.23. The Bertz CT molecular complexity index is 320. The minimum Gasteiger partial charge on any atom is -0.244 e. The first kappa shape index (κ1) is 11.5. The number of hydrogen-bond acceptors (Lipinski definition) is 3. The monoisotopic (exact) mass is 289 g/mol. The molecule has 2 rings (SSSR count). The molecule has 0 unspecified atom stereocenters. The van der Waals surface area contributed by atoms with Gasteiger partial charge in [-0.1, -0.05) is 40.5 Å². The van der Waals surface area contributed by atoms with Gasteiger partial charge in [-0.15, -0.1) is 0 Å². The third-order valence-electron chi connectivity index (χ3n) is 3.12. The topological polar surface area (TPSA) is 30.7 Å². The number of aromatic nitrogens is 3. The highest BCUT2D eigenvalue weighted by atomic mass is 79.9. The van der Waals surface area contributed by atoms with Crippen LogP contribution in [0.4, 0.5) is 0 Å². The van der Waals surface area contributed by atoms with Crippen molar-refractivity contribution in [2.24, 2.45) is 12.5 Å². The molecule has 0 saturated heterocycles. The number of nitrogens with zero attached hydrogens (tertiary/aromatic N) is 3. The lowest BCUT2D eigenvalue weighted by atomic mass is 9.92. The molecule has 1 fully saturated rings. The van der Waals surface area contributed by atoms with Crippen LogP contribution in [0.3, 0.4) is 0 Å². The molecule has 1 saturated carbocycles. The largest absolute Gasteiger partial charge is 0.244 e. The van der Waals surface area contributed by atoms with Gasteiger partial charge in [0, 0.05) is 18.1 Å². The third kappa shape index (κ3) is 2.56. The van der Waals surface area contributed by atoms with E-state index in [1.165, 1.54) is 25.7 Å². The van der Waals surface area contributed by atoms with Crippen LogP contribution in [0, 0.1) is 5.41 Å². The van der Waals surface area contributed by atoms with Gasteiger partial charge in [0.15, 0.2) is 5.16 Å². The quantitative estimate of drug-likeness (QED) is 0.631. The van der Waals surface area contributed by atoms with Gasteiger partial charge in [0.05, 0.1) is 0 Å². The van der Waals surface area contributed by atoms with Gasteiger partial charge in [-0.3, -0.25) is 0 Å². The van der Waals surface area contributed by atoms with E-state index in [-0.39, 0.29) is 0 Å². The molecule has 1 aliphatic carbocycles. The van der Waals surface area contributed by atoms with Crippen LogP contribution >= 0.6 is 27.7 Å². The van der Waals surface area contributed by atoms with Crippen LogP contribution in [0.5, 0.6) is 0 Å². The molecule has 0 atom stereocenters. The number of hydrogen-bond donors (Lipinski definition) is 0. The molecular formula is C10H16BrN3S. The fourth-order valence-corrected chi connectivity index (χ4v) is 4.28. The summed E-state index contributed by atoms with van der Waals surface area (Å²) >= 11 is 5.49. The number of aryl methyl sites for hydroxylation is 1. The SMILES string of the molecule is Cn1ncnc1SCC1(CBr)CCCC1. The highest BCUT2D eigenvalue weighted by Crippen LogP contribution is 2.43. The Balaban J connectivity index is 1.94. The van der Waals surface area contributed by atoms with Crippen LogP contribution in [0.25, 0.3) is 0 Å². The zero-order valence-corrected chi connectivity index (χ0v) is 11.4. The van der Waals surface area contributed by atoms with Gasteiger partial charge in [-0.2, -0.15) is 5.10 Å². The highest BCUT2D eigenvalue weighted by Gasteiger charge is 2.33. The molecule has 1 aliphatic rings. The fourth-order valence-electron chi connectivity index (χ4n) is 2.08. The molecule has 0 amide bonds. The first-order chi connectivity index (χ1) is 7.26. The van der Waals surface area contributed by atoms with Gasteiger partial charge in [-0.25, -0.2) is 9.67 Å². The summed E-state index contributed by atoms with van der Waals surface area (Å²) in [5.41, 5.74) is 0.497. The van der Waals surface area contributed by atoms with Crippen LogP contribution in [0.1, 0.15) is 25.7 Å². The second kappa shape index (κ2) is 4.87. The van der Waals surface area contributed by atoms with E-state index in [0.717, 1.165) is 16.2 Å². The molecule has 84 valence electrons. The lowest BCUT2D eigenvalue weighted by Crippen LogP contribution is -2.21. The maximum Gasteiger partial charge on any atom is 0.185 e. The predicted molar refractivity (Wildman–Crippen MR) is 66.4 cm³/mol. The number of thioether (sulfide) groups is 1. The zero-order valence-electron chi connectivity index (χ0n) is 8.95. The molecule has 0 N–H and O–H groups in total. The van der Waals surface area contributed by atoms with Gasteiger partial charge >= 0.3 is 0 Å². The van der Waals surface area contributed by atoms with E-state index in [4.69, 9.17) is 0 Å². The summed E-state index contributed by atoms with van der Waals surface area (Å²) in [4.78, 5) is 4.24. The molecular weight excluding hydrogens is 274 g/mol. The van der Waals surface area contributed by atoms with E-state index >= 15 is 0 Å². The molecule has 0 aliphatic heterocycles. The Morgan fingerprint density at radius 2 is 2.27 bits per heavy atom. The summed E-state index contributed by atoms with van der Waals surface area (Å²) in [7, 11) is 1.95. The van der Waals surface area contributed by atoms with Crippen molar-refractivity contribution >= 4 is 27.7 Å². The van der Waals surface area contributed by atoms with Crippen LogP contribution < -0.4 is 0 Å². The minimum absolute atomic E-state index is 0.497. The minimum atomic E-state index is 0.497. The average Bonchev–Trinajstić information content (AvgIpc) is 2.85. The van der Waals surface area contributed by atoms with Gasteiger partial charge in [0.2, 0.25) is 0 Å². The summed E-state index contributed by atoms with van der Waals surface area (Å²) in [6, 6.07) is 0. The van der Waals surface area contributed by atoms with Gasteiger partial charge in [0.1, 0.15) is 6.33 Å². The van der Waals surface area contributed by atoms with E-state index in [9.17, 15) is 0 Å². The van der Waals surface area contributed by atoms with E-state index in [1.54, 1.807) is 6.33 Å². The Morgan fingerprint density at radius 1 is 1.53 bits per heavy atom. The molecule has 15 heavy (non-hydrogen) atoms. The van der Waals surface area contributed by atoms with E-state index < -0.39 is 0 Å². The predicted octanol–water partition coefficient (Wildman–Crippen LogP) is 2.86. The summed E-state index contributed by atoms with van der Waals surface area (Å²) < 4.78 is 1.85. The van der Waals surface area contributed by atoms with Crippen LogP contribution in [-0.4, -0.2) is 25.8 Å². The highest BCUT2D eigenvalue weighted by molar-refractivity contribution is 9.09. The fraction of sp³-hybridized carbons (Fsp3) is 0.800. The standard InChI is InChI=1S/C10H16BrN3S/c1-14-9(12-8-13-14)15-7-10(6-11)4-2-3-5-10/h8H,2-7H2,1H3. The van der Waals surface area contributed by atoms with Gasteiger partial charge in [-0.05, 0) is 18.3 Å². The molecule has 0 radical (unpaired) electrons. The first-order valence-corrected chi connectivity index (χ1v) is 7.39. The summed E-state index contributed by atoms with van der Waals surface area (Å²) in [5.74, 6) is 1.16. The Hall–Kier alpha value is -0.0300. The van der Waals surface area contributed by atoms with Crippen molar-refractivity contribution in [1.82, 2.24) is 14.8 Å². The maximum atomic E-state index is 4.24. The molecule has 0 spiro atoms. The second-order valence-electron chi connectivity index (χ2n) is 4.30. The molecule has 1 heterocycles. The average molecular weight is 290 g/mol. The van der Waals surface area contributed by atoms with Crippen LogP contribution in [0.15, 0.2) is 11.5 Å². The van der Waals surface area contributed by atoms with Crippen molar-refractivity contribution in [1.29, 1.82) is 0 Å². The van der Waals surface area contributed by atoms with Crippen LogP contribution in [-0.2, 0) is 7.05 Å². The van der Waals surface area contributed by atoms with Crippen molar-refractivity contribution in [3.05, 3.63) is 6.33 Å². The lowest BCUT2D eigenvalue weighted by molar-refractivity contribution is 0.405. The number of alkyl halides is 1. The van der Waals surface area contributed by atoms with E-state index in [1.807, 2.05) is 23.5 Å². The van der Waals surface area contributed by atoms with Gasteiger partial charge in [0.25, 0.3) is 0 Å². The van der Waals surface area contributed by atoms with Crippen LogP contribution in [0.2, 0.25) is 0 Å². The van der Waals surface area contributed by atoms with E-state index in [2.05, 4.69) is 26.0 Å². The van der Waals surface area contributed by atoms with E-state index in [0.29, 0.717) is 5.41 Å². The zero-order chi connectivity index (χ0) is 10.7. The molecule has 5 heteroatoms. The molecule has 1 aromatic rings. The smallest absolute Gasteiger partial charge is 0.185 e. The second-order valence-corrected chi connectivity index (χ2v) is 5.80. The Morgan fingerprint density at radius 3 is 2.80 bits per heavy atom. The first-order valence-electron chi connectivity index (χ1n) is 5.29. The molecule has 1 aromatic heterocycles. The van der Waals surface area contributed by atoms with Crippen molar-refractivity contribution in [2.75, 3.05) is 11.1 Å². The van der Waals surface area contributed by atoms with Gasteiger partial charge < -0.3 is 0 Å². The van der Waals surface area contributed by atoms with Crippen molar-refractivity contribution in [3.8, 4) is 0 Å². The number of rotatable bonds is 4.